The Morgan fingerprint density at radius 1 is 0.491 bits per heavy atom. The summed E-state index contributed by atoms with van der Waals surface area (Å²) < 4.78 is 0. The molecule has 0 saturated heterocycles. The summed E-state index contributed by atoms with van der Waals surface area (Å²) in [4.78, 5) is 8.87. The van der Waals surface area contributed by atoms with Gasteiger partial charge in [-0.25, -0.2) is 0 Å². The molecule has 5 aromatic carbocycles. The maximum Gasteiger partial charge on any atom is 2.00 e. The van der Waals surface area contributed by atoms with Gasteiger partial charge in [0.05, 0.1) is 5.66 Å². The third-order valence-corrected chi connectivity index (χ3v) is 11.4. The predicted octanol–water partition coefficient (Wildman–Crippen LogP) is 9.69. The van der Waals surface area contributed by atoms with E-state index in [1.54, 1.807) is 0 Å². The monoisotopic (exact) mass is 907 g/mol. The maximum atomic E-state index is 13.3. The quantitative estimate of drug-likeness (QED) is 0.136. The van der Waals surface area contributed by atoms with Crippen LogP contribution in [-0.2, 0) is 32.5 Å². The molecule has 1 aliphatic carbocycles. The van der Waals surface area contributed by atoms with Gasteiger partial charge in [-0.3, -0.25) is 0 Å². The zero-order valence-electron chi connectivity index (χ0n) is 31.7. The molecule has 6 nitrogen and oxygen atoms in total. The summed E-state index contributed by atoms with van der Waals surface area (Å²) in [5, 5.41) is 26.5. The first-order valence-corrected chi connectivity index (χ1v) is 18.9. The van der Waals surface area contributed by atoms with Gasteiger partial charge in [0.2, 0.25) is 0 Å². The molecule has 0 saturated carbocycles. The van der Waals surface area contributed by atoms with Gasteiger partial charge in [0.1, 0.15) is 0 Å². The van der Waals surface area contributed by atoms with Gasteiger partial charge in [-0.2, -0.15) is 6.67 Å². The average molecular weight is 908 g/mol. The average Bonchev–Trinajstić information content (AvgIpc) is 3.68. The number of rotatable bonds is 10. The van der Waals surface area contributed by atoms with E-state index in [1.807, 2.05) is 132 Å². The standard InChI is InChI=1S/C48H48N4O2.Pt/c1-36(2)46(37(3)4,50-35-52(45-33-21-20-32-43(45)50)48(54,40-26-14-7-15-27-40)41-28-16-8-17-29-41)49-34-51(44-31-19-9-18-30-42(44)49)47(53,38-22-10-5-11-23-38)39-24-12-6-13-25-39;/h5-30,32-37,53-54H,31H2,1-4H3;/q-2;+2. The van der Waals surface area contributed by atoms with Gasteiger partial charge in [-0.15, -0.1) is 6.67 Å². The van der Waals surface area contributed by atoms with Crippen LogP contribution in [-0.4, -0.2) is 25.7 Å². The fourth-order valence-electron chi connectivity index (χ4n) is 8.98. The Morgan fingerprint density at radius 3 is 1.31 bits per heavy atom. The number of fused-ring (bicyclic) bond motifs is 1. The molecule has 0 amide bonds. The molecule has 0 fully saturated rings. The first-order chi connectivity index (χ1) is 26.2. The van der Waals surface area contributed by atoms with E-state index in [0.29, 0.717) is 6.42 Å². The molecule has 282 valence electrons. The van der Waals surface area contributed by atoms with Crippen LogP contribution < -0.4 is 9.80 Å². The Bertz CT molecular complexity index is 2080. The number of hydrogen-bond acceptors (Lipinski definition) is 6. The fourth-order valence-corrected chi connectivity index (χ4v) is 8.98. The first-order valence-electron chi connectivity index (χ1n) is 18.9. The molecule has 0 bridgehead atoms. The zero-order valence-corrected chi connectivity index (χ0v) is 34.0. The largest absolute Gasteiger partial charge is 2.00 e. The minimum atomic E-state index is -1.52. The van der Waals surface area contributed by atoms with Crippen LogP contribution in [0, 0.1) is 25.2 Å². The molecule has 8 rings (SSSR count). The molecular weight excluding hydrogens is 860 g/mol. The van der Waals surface area contributed by atoms with E-state index in [1.165, 1.54) is 0 Å². The van der Waals surface area contributed by atoms with Crippen LogP contribution >= 0.6 is 0 Å². The Morgan fingerprint density at radius 2 is 0.873 bits per heavy atom. The summed E-state index contributed by atoms with van der Waals surface area (Å²) in [6, 6.07) is 48.1. The van der Waals surface area contributed by atoms with E-state index < -0.39 is 17.1 Å². The summed E-state index contributed by atoms with van der Waals surface area (Å²) in [6.07, 6.45) is 9.14. The molecule has 2 N–H and O–H groups in total. The molecule has 55 heavy (non-hydrogen) atoms. The fraction of sp³-hybridized carbons (Fsp3) is 0.208. The minimum absolute atomic E-state index is 0. The molecular formula is C48H48N4O2Pt. The topological polar surface area (TPSA) is 53.4 Å². The van der Waals surface area contributed by atoms with Crippen LogP contribution in [0.2, 0.25) is 0 Å². The normalized spacial score (nSPS) is 15.8. The van der Waals surface area contributed by atoms with Gasteiger partial charge < -0.3 is 29.8 Å². The van der Waals surface area contributed by atoms with Crippen LogP contribution in [0.15, 0.2) is 181 Å². The Labute approximate surface area is 340 Å². The Balaban J connectivity index is 0.00000465. The van der Waals surface area contributed by atoms with E-state index in [9.17, 15) is 10.2 Å². The molecule has 0 atom stereocenters. The van der Waals surface area contributed by atoms with Crippen molar-refractivity contribution in [3.63, 3.8) is 0 Å². The van der Waals surface area contributed by atoms with Crippen LogP contribution in [0.5, 0.6) is 0 Å². The van der Waals surface area contributed by atoms with E-state index in [0.717, 1.165) is 45.0 Å². The summed E-state index contributed by atoms with van der Waals surface area (Å²) in [5.74, 6) is 0.0822. The number of anilines is 2. The van der Waals surface area contributed by atoms with Crippen molar-refractivity contribution in [2.75, 3.05) is 9.80 Å². The molecule has 2 aliphatic heterocycles. The van der Waals surface area contributed by atoms with Crippen LogP contribution in [0.4, 0.5) is 11.4 Å². The second-order valence-corrected chi connectivity index (χ2v) is 14.9. The SMILES string of the molecule is CC(C)C(C(C)C)(N1[CH-]N(C(O)(c2ccccc2)c2ccccc2)C2=C1C=CC=CC2)N1[CH-]N(C(O)(c2ccccc2)c2ccccc2)c2ccccc21.[Pt+2]. The Kier molecular flexibility index (Phi) is 10.7. The van der Waals surface area contributed by atoms with E-state index in [-0.39, 0.29) is 32.9 Å². The van der Waals surface area contributed by atoms with Gasteiger partial charge in [0.15, 0.2) is 11.4 Å². The smallest absolute Gasteiger partial charge is 0.483 e. The van der Waals surface area contributed by atoms with Gasteiger partial charge >= 0.3 is 21.1 Å². The van der Waals surface area contributed by atoms with Gasteiger partial charge in [0.25, 0.3) is 0 Å². The van der Waals surface area contributed by atoms with E-state index >= 15 is 0 Å². The third kappa shape index (κ3) is 6.07. The summed E-state index contributed by atoms with van der Waals surface area (Å²) in [5.41, 5.74) is 3.21. The van der Waals surface area contributed by atoms with Crippen molar-refractivity contribution >= 4 is 11.4 Å². The first kappa shape index (κ1) is 38.4. The van der Waals surface area contributed by atoms with Crippen LogP contribution in [0.1, 0.15) is 56.4 Å². The van der Waals surface area contributed by atoms with Crippen molar-refractivity contribution in [1.29, 1.82) is 0 Å². The molecule has 2 heterocycles. The van der Waals surface area contributed by atoms with Gasteiger partial charge in [-0.1, -0.05) is 179 Å². The molecule has 3 aliphatic rings. The van der Waals surface area contributed by atoms with Crippen molar-refractivity contribution in [1.82, 2.24) is 9.80 Å². The molecule has 0 unspecified atom stereocenters. The second kappa shape index (κ2) is 15.3. The molecule has 0 aromatic heterocycles. The van der Waals surface area contributed by atoms with E-state index in [4.69, 9.17) is 0 Å². The second-order valence-electron chi connectivity index (χ2n) is 14.9. The van der Waals surface area contributed by atoms with Crippen molar-refractivity contribution in [2.24, 2.45) is 11.8 Å². The number of aliphatic hydroxyl groups is 2. The molecule has 0 spiro atoms. The molecule has 7 heteroatoms. The number of hydrogen-bond donors (Lipinski definition) is 2. The van der Waals surface area contributed by atoms with E-state index in [2.05, 4.69) is 98.2 Å². The number of nitrogens with zero attached hydrogens (tertiary/aromatic N) is 4. The maximum absolute atomic E-state index is 13.3. The Hall–Kier alpha value is -4.87. The van der Waals surface area contributed by atoms with Crippen molar-refractivity contribution < 1.29 is 31.3 Å². The number of allylic oxidation sites excluding steroid dienone is 4. The number of para-hydroxylation sites is 2. The zero-order chi connectivity index (χ0) is 37.5. The minimum Gasteiger partial charge on any atom is -0.483 e. The summed E-state index contributed by atoms with van der Waals surface area (Å²) >= 11 is 0. The van der Waals surface area contributed by atoms with Crippen molar-refractivity contribution in [3.05, 3.63) is 217 Å². The number of benzene rings is 5. The van der Waals surface area contributed by atoms with Crippen molar-refractivity contribution in [2.45, 2.75) is 51.2 Å². The van der Waals surface area contributed by atoms with Gasteiger partial charge in [-0.05, 0) is 30.0 Å². The predicted molar refractivity (Wildman–Crippen MR) is 218 cm³/mol. The third-order valence-electron chi connectivity index (χ3n) is 11.4. The molecule has 5 aromatic rings. The van der Waals surface area contributed by atoms with Gasteiger partial charge in [0, 0.05) is 51.4 Å². The molecule has 0 radical (unpaired) electrons. The summed E-state index contributed by atoms with van der Waals surface area (Å²) in [6.45, 7) is 13.3. The summed E-state index contributed by atoms with van der Waals surface area (Å²) in [7, 11) is 0. The van der Waals surface area contributed by atoms with Crippen LogP contribution in [0.3, 0.4) is 0 Å². The van der Waals surface area contributed by atoms with Crippen LogP contribution in [0.25, 0.3) is 0 Å². The van der Waals surface area contributed by atoms with Crippen molar-refractivity contribution in [3.8, 4) is 0 Å².